The number of carbonyl (C=O) groups is 1. The molecule has 0 atom stereocenters. The van der Waals surface area contributed by atoms with Crippen LogP contribution >= 0.6 is 0 Å². The molecule has 6 nitrogen and oxygen atoms in total. The number of aliphatic carboxylic acids is 1. The fraction of sp³-hybridized carbons (Fsp3) is 0.350. The lowest BCUT2D eigenvalue weighted by Crippen LogP contribution is -2.34. The van der Waals surface area contributed by atoms with Gasteiger partial charge in [-0.15, -0.1) is 0 Å². The summed E-state index contributed by atoms with van der Waals surface area (Å²) in [5.74, 6) is -1.41. The molecule has 0 aliphatic carbocycles. The van der Waals surface area contributed by atoms with E-state index < -0.39 is 21.8 Å². The smallest absolute Gasteiger partial charge is 0.303 e. The summed E-state index contributed by atoms with van der Waals surface area (Å²) in [4.78, 5) is 10.6. The molecule has 8 heteroatoms. The molecule has 1 aliphatic heterocycles. The number of rotatable bonds is 7. The highest BCUT2D eigenvalue weighted by atomic mass is 32.2. The van der Waals surface area contributed by atoms with Crippen molar-refractivity contribution in [3.05, 3.63) is 58.9 Å². The molecule has 2 aromatic rings. The number of benzene rings is 2. The molecule has 28 heavy (non-hydrogen) atoms. The number of anilines is 2. The van der Waals surface area contributed by atoms with Gasteiger partial charge < -0.3 is 10.4 Å². The Kier molecular flexibility index (Phi) is 5.88. The molecule has 1 aliphatic rings. The highest BCUT2D eigenvalue weighted by molar-refractivity contribution is 7.92. The topological polar surface area (TPSA) is 86.7 Å². The van der Waals surface area contributed by atoms with Crippen LogP contribution in [0.3, 0.4) is 0 Å². The lowest BCUT2D eigenvalue weighted by atomic mass is 10.0. The van der Waals surface area contributed by atoms with Gasteiger partial charge in [-0.25, -0.2) is 12.8 Å². The molecule has 2 N–H and O–H groups in total. The zero-order chi connectivity index (χ0) is 20.3. The van der Waals surface area contributed by atoms with E-state index in [1.165, 1.54) is 16.6 Å². The Morgan fingerprint density at radius 2 is 2.04 bits per heavy atom. The largest absolute Gasteiger partial charge is 0.481 e. The van der Waals surface area contributed by atoms with Crippen molar-refractivity contribution in [3.8, 4) is 0 Å². The molecular weight excluding hydrogens is 383 g/mol. The van der Waals surface area contributed by atoms with Crippen LogP contribution in [0.4, 0.5) is 15.8 Å². The number of hydrogen-bond acceptors (Lipinski definition) is 4. The lowest BCUT2D eigenvalue weighted by Gasteiger charge is -2.29. The third-order valence-electron chi connectivity index (χ3n) is 4.78. The average Bonchev–Trinajstić information content (AvgIpc) is 2.64. The monoisotopic (exact) mass is 406 g/mol. The molecular formula is C20H23FN2O4S. The van der Waals surface area contributed by atoms with Gasteiger partial charge in [0.2, 0.25) is 10.0 Å². The van der Waals surface area contributed by atoms with Gasteiger partial charge in [0, 0.05) is 25.2 Å². The van der Waals surface area contributed by atoms with E-state index in [1.54, 1.807) is 12.1 Å². The minimum Gasteiger partial charge on any atom is -0.481 e. The fourth-order valence-corrected chi connectivity index (χ4v) is 4.33. The number of fused-ring (bicyclic) bond motifs is 1. The van der Waals surface area contributed by atoms with Crippen LogP contribution in [0.1, 0.15) is 29.5 Å². The summed E-state index contributed by atoms with van der Waals surface area (Å²) in [6.07, 6.45) is 2.88. The molecule has 0 amide bonds. The maximum atomic E-state index is 14.1. The van der Waals surface area contributed by atoms with E-state index in [-0.39, 0.29) is 12.8 Å². The Morgan fingerprint density at radius 3 is 2.71 bits per heavy atom. The van der Waals surface area contributed by atoms with E-state index in [1.807, 2.05) is 18.2 Å². The zero-order valence-corrected chi connectivity index (χ0v) is 16.4. The van der Waals surface area contributed by atoms with Crippen LogP contribution in [0.15, 0.2) is 36.4 Å². The Hall–Kier alpha value is -2.61. The van der Waals surface area contributed by atoms with Crippen molar-refractivity contribution >= 4 is 27.4 Å². The van der Waals surface area contributed by atoms with Crippen molar-refractivity contribution in [1.82, 2.24) is 0 Å². The summed E-state index contributed by atoms with van der Waals surface area (Å²) in [5.41, 5.74) is 3.56. The van der Waals surface area contributed by atoms with E-state index in [9.17, 15) is 17.6 Å². The first-order valence-corrected chi connectivity index (χ1v) is 10.9. The van der Waals surface area contributed by atoms with Crippen molar-refractivity contribution in [1.29, 1.82) is 0 Å². The molecule has 0 unspecified atom stereocenters. The van der Waals surface area contributed by atoms with Crippen molar-refractivity contribution in [3.63, 3.8) is 0 Å². The molecule has 0 radical (unpaired) electrons. The predicted molar refractivity (Wildman–Crippen MR) is 107 cm³/mol. The summed E-state index contributed by atoms with van der Waals surface area (Å²) in [6, 6.07) is 10.4. The fourth-order valence-electron chi connectivity index (χ4n) is 3.35. The number of halogens is 1. The van der Waals surface area contributed by atoms with Crippen molar-refractivity contribution in [2.45, 2.75) is 32.2 Å². The zero-order valence-electron chi connectivity index (χ0n) is 15.6. The van der Waals surface area contributed by atoms with Crippen LogP contribution in [0, 0.1) is 5.82 Å². The molecule has 3 rings (SSSR count). The van der Waals surface area contributed by atoms with E-state index in [0.29, 0.717) is 30.0 Å². The van der Waals surface area contributed by atoms with E-state index in [0.717, 1.165) is 24.0 Å². The Morgan fingerprint density at radius 1 is 1.25 bits per heavy atom. The predicted octanol–water partition coefficient (Wildman–Crippen LogP) is 3.17. The molecule has 0 aromatic heterocycles. The maximum absolute atomic E-state index is 14.1. The quantitative estimate of drug-likeness (QED) is 0.738. The molecule has 2 aromatic carbocycles. The molecule has 150 valence electrons. The van der Waals surface area contributed by atoms with Gasteiger partial charge in [-0.05, 0) is 54.2 Å². The maximum Gasteiger partial charge on any atom is 0.303 e. The third kappa shape index (κ3) is 4.81. The van der Waals surface area contributed by atoms with Gasteiger partial charge in [0.15, 0.2) is 0 Å². The van der Waals surface area contributed by atoms with Gasteiger partial charge in [0.1, 0.15) is 5.82 Å². The second-order valence-corrected chi connectivity index (χ2v) is 8.86. The first-order valence-electron chi connectivity index (χ1n) is 9.07. The van der Waals surface area contributed by atoms with Gasteiger partial charge in [-0.3, -0.25) is 9.10 Å². The summed E-state index contributed by atoms with van der Waals surface area (Å²) in [5, 5.41) is 11.8. The Labute approximate surface area is 164 Å². The van der Waals surface area contributed by atoms with Crippen molar-refractivity contribution in [2.24, 2.45) is 0 Å². The minimum absolute atomic E-state index is 0.115. The SMILES string of the molecule is CS(=O)(=O)N1CCCc2ccc(CNc3ccc(CCC(=O)O)c(F)c3)cc21. The third-order valence-corrected chi connectivity index (χ3v) is 5.96. The Balaban J connectivity index is 1.72. The van der Waals surface area contributed by atoms with Gasteiger partial charge in [-0.1, -0.05) is 18.2 Å². The average molecular weight is 406 g/mol. The molecule has 0 spiro atoms. The molecule has 0 saturated heterocycles. The standard InChI is InChI=1S/C20H23FN2O4S/c1-28(26,27)23-10-2-3-16-5-4-14(11-19(16)23)13-22-17-8-6-15(18(21)12-17)7-9-20(24)25/h4-6,8,11-12,22H,2-3,7,9-10,13H2,1H3,(H,24,25). The van der Waals surface area contributed by atoms with Gasteiger partial charge in [0.05, 0.1) is 11.9 Å². The number of aryl methyl sites for hydroxylation is 2. The van der Waals surface area contributed by atoms with E-state index >= 15 is 0 Å². The summed E-state index contributed by atoms with van der Waals surface area (Å²) in [7, 11) is -3.32. The number of hydrogen-bond donors (Lipinski definition) is 2. The van der Waals surface area contributed by atoms with Crippen LogP contribution in [0.25, 0.3) is 0 Å². The summed E-state index contributed by atoms with van der Waals surface area (Å²) in [6.45, 7) is 0.893. The normalized spacial score (nSPS) is 13.9. The molecule has 1 heterocycles. The lowest BCUT2D eigenvalue weighted by molar-refractivity contribution is -0.136. The van der Waals surface area contributed by atoms with Crippen LogP contribution in [0.5, 0.6) is 0 Å². The molecule has 0 fully saturated rings. The second kappa shape index (κ2) is 8.18. The van der Waals surface area contributed by atoms with E-state index in [2.05, 4.69) is 5.32 Å². The molecule has 0 bridgehead atoms. The van der Waals surface area contributed by atoms with Gasteiger partial charge in [-0.2, -0.15) is 0 Å². The van der Waals surface area contributed by atoms with Crippen molar-refractivity contribution in [2.75, 3.05) is 22.4 Å². The minimum atomic E-state index is -3.32. The summed E-state index contributed by atoms with van der Waals surface area (Å²) >= 11 is 0. The number of carboxylic acid groups (broad SMARTS) is 1. The van der Waals surface area contributed by atoms with Gasteiger partial charge >= 0.3 is 5.97 Å². The highest BCUT2D eigenvalue weighted by Gasteiger charge is 2.24. The van der Waals surface area contributed by atoms with Crippen molar-refractivity contribution < 1.29 is 22.7 Å². The van der Waals surface area contributed by atoms with Crippen LogP contribution in [-0.4, -0.2) is 32.3 Å². The Bertz CT molecular complexity index is 992. The van der Waals surface area contributed by atoms with Crippen LogP contribution in [-0.2, 0) is 34.2 Å². The highest BCUT2D eigenvalue weighted by Crippen LogP contribution is 2.30. The number of nitrogens with zero attached hydrogens (tertiary/aromatic N) is 1. The van der Waals surface area contributed by atoms with Crippen LogP contribution < -0.4 is 9.62 Å². The molecule has 0 saturated carbocycles. The first-order chi connectivity index (χ1) is 13.2. The number of sulfonamides is 1. The summed E-state index contributed by atoms with van der Waals surface area (Å²) < 4.78 is 39.6. The van der Waals surface area contributed by atoms with E-state index in [4.69, 9.17) is 5.11 Å². The number of carboxylic acids is 1. The number of nitrogens with one attached hydrogen (secondary N) is 1. The van der Waals surface area contributed by atoms with Crippen LogP contribution in [0.2, 0.25) is 0 Å². The second-order valence-electron chi connectivity index (χ2n) is 6.96. The first kappa shape index (κ1) is 20.1. The van der Waals surface area contributed by atoms with Gasteiger partial charge in [0.25, 0.3) is 0 Å².